The van der Waals surface area contributed by atoms with Gasteiger partial charge in [0.25, 0.3) is 5.89 Å². The molecule has 0 unspecified atom stereocenters. The highest BCUT2D eigenvalue weighted by Gasteiger charge is 2.11. The molecule has 2 aromatic rings. The molecule has 0 aliphatic heterocycles. The molecular weight excluding hydrogens is 276 g/mol. The number of nitrogens with zero attached hydrogens (tertiary/aromatic N) is 2. The lowest BCUT2D eigenvalue weighted by atomic mass is 10.2. The number of rotatable bonds is 3. The van der Waals surface area contributed by atoms with E-state index < -0.39 is 5.97 Å². The quantitative estimate of drug-likeness (QED) is 0.933. The molecular formula is C10H7BrN2O3. The van der Waals surface area contributed by atoms with Crippen molar-refractivity contribution >= 4 is 21.9 Å². The number of carboxylic acids is 1. The average Bonchev–Trinajstić information content (AvgIpc) is 2.65. The van der Waals surface area contributed by atoms with Crippen LogP contribution < -0.4 is 0 Å². The Labute approximate surface area is 99.2 Å². The van der Waals surface area contributed by atoms with E-state index in [1.54, 1.807) is 0 Å². The third kappa shape index (κ3) is 2.46. The molecule has 0 radical (unpaired) electrons. The predicted molar refractivity (Wildman–Crippen MR) is 58.8 cm³/mol. The van der Waals surface area contributed by atoms with E-state index in [1.165, 1.54) is 0 Å². The van der Waals surface area contributed by atoms with E-state index in [2.05, 4.69) is 26.1 Å². The van der Waals surface area contributed by atoms with Crippen LogP contribution >= 0.6 is 15.9 Å². The molecule has 82 valence electrons. The van der Waals surface area contributed by atoms with E-state index in [0.29, 0.717) is 5.89 Å². The first kappa shape index (κ1) is 10.8. The van der Waals surface area contributed by atoms with Crippen molar-refractivity contribution in [2.75, 3.05) is 0 Å². The van der Waals surface area contributed by atoms with Crippen LogP contribution in [0.1, 0.15) is 5.82 Å². The van der Waals surface area contributed by atoms with Gasteiger partial charge in [-0.25, -0.2) is 0 Å². The molecule has 0 saturated carbocycles. The summed E-state index contributed by atoms with van der Waals surface area (Å²) >= 11 is 3.32. The third-order valence-corrected chi connectivity index (χ3v) is 2.34. The average molecular weight is 283 g/mol. The summed E-state index contributed by atoms with van der Waals surface area (Å²) in [6.07, 6.45) is -0.239. The number of aliphatic carboxylic acids is 1. The summed E-state index contributed by atoms with van der Waals surface area (Å²) in [5, 5.41) is 12.1. The Bertz CT molecular complexity index is 524. The zero-order chi connectivity index (χ0) is 11.5. The van der Waals surface area contributed by atoms with Gasteiger partial charge in [0.2, 0.25) is 0 Å². The molecule has 0 bridgehead atoms. The van der Waals surface area contributed by atoms with Gasteiger partial charge in [-0.1, -0.05) is 27.2 Å². The fourth-order valence-electron chi connectivity index (χ4n) is 1.20. The van der Waals surface area contributed by atoms with Crippen LogP contribution in [-0.4, -0.2) is 21.2 Å². The lowest BCUT2D eigenvalue weighted by molar-refractivity contribution is -0.136. The van der Waals surface area contributed by atoms with Crippen LogP contribution in [0.15, 0.2) is 33.3 Å². The zero-order valence-corrected chi connectivity index (χ0v) is 9.64. The standard InChI is InChI=1S/C10H7BrN2O3/c11-7-3-1-2-6(4-7)10-12-8(13-16-10)5-9(14)15/h1-4H,5H2,(H,14,15). The van der Waals surface area contributed by atoms with Crippen LogP contribution in [0.4, 0.5) is 0 Å². The highest BCUT2D eigenvalue weighted by atomic mass is 79.9. The molecule has 1 heterocycles. The Kier molecular flexibility index (Phi) is 3.00. The summed E-state index contributed by atoms with van der Waals surface area (Å²) in [6, 6.07) is 7.33. The summed E-state index contributed by atoms with van der Waals surface area (Å²) in [5.41, 5.74) is 0.749. The first-order chi connectivity index (χ1) is 7.65. The molecule has 0 atom stereocenters. The fraction of sp³-hybridized carbons (Fsp3) is 0.100. The maximum Gasteiger partial charge on any atom is 0.311 e. The van der Waals surface area contributed by atoms with Gasteiger partial charge in [0.1, 0.15) is 6.42 Å². The summed E-state index contributed by atoms with van der Waals surface area (Å²) in [6.45, 7) is 0. The van der Waals surface area contributed by atoms with E-state index >= 15 is 0 Å². The first-order valence-electron chi connectivity index (χ1n) is 4.45. The van der Waals surface area contributed by atoms with Crippen molar-refractivity contribution in [3.63, 3.8) is 0 Å². The summed E-state index contributed by atoms with van der Waals surface area (Å²) < 4.78 is 5.85. The number of aromatic nitrogens is 2. The summed E-state index contributed by atoms with van der Waals surface area (Å²) in [5.74, 6) is -0.499. The van der Waals surface area contributed by atoms with Crippen LogP contribution in [0, 0.1) is 0 Å². The monoisotopic (exact) mass is 282 g/mol. The topological polar surface area (TPSA) is 76.2 Å². The van der Waals surface area contributed by atoms with Gasteiger partial charge in [-0.15, -0.1) is 0 Å². The second-order valence-electron chi connectivity index (χ2n) is 3.10. The van der Waals surface area contributed by atoms with Gasteiger partial charge < -0.3 is 9.63 Å². The van der Waals surface area contributed by atoms with Gasteiger partial charge in [-0.05, 0) is 18.2 Å². The largest absolute Gasteiger partial charge is 0.481 e. The van der Waals surface area contributed by atoms with E-state index in [1.807, 2.05) is 24.3 Å². The second kappa shape index (κ2) is 4.44. The molecule has 1 aromatic carbocycles. The molecule has 1 N–H and O–H groups in total. The van der Waals surface area contributed by atoms with Gasteiger partial charge in [0.05, 0.1) is 0 Å². The predicted octanol–water partition coefficient (Wildman–Crippen LogP) is 2.13. The van der Waals surface area contributed by atoms with Crippen LogP contribution in [0.5, 0.6) is 0 Å². The second-order valence-corrected chi connectivity index (χ2v) is 4.01. The van der Waals surface area contributed by atoms with E-state index in [9.17, 15) is 4.79 Å². The molecule has 5 nitrogen and oxygen atoms in total. The molecule has 0 saturated heterocycles. The van der Waals surface area contributed by atoms with Crippen LogP contribution in [-0.2, 0) is 11.2 Å². The van der Waals surface area contributed by atoms with E-state index in [-0.39, 0.29) is 12.2 Å². The van der Waals surface area contributed by atoms with Crippen molar-refractivity contribution in [2.45, 2.75) is 6.42 Å². The Balaban J connectivity index is 2.28. The maximum absolute atomic E-state index is 10.4. The van der Waals surface area contributed by atoms with Gasteiger partial charge >= 0.3 is 5.97 Å². The first-order valence-corrected chi connectivity index (χ1v) is 5.25. The zero-order valence-electron chi connectivity index (χ0n) is 8.05. The summed E-state index contributed by atoms with van der Waals surface area (Å²) in [7, 11) is 0. The molecule has 6 heteroatoms. The smallest absolute Gasteiger partial charge is 0.311 e. The minimum Gasteiger partial charge on any atom is -0.481 e. The van der Waals surface area contributed by atoms with Crippen LogP contribution in [0.25, 0.3) is 11.5 Å². The Hall–Kier alpha value is -1.69. The van der Waals surface area contributed by atoms with Crippen molar-refractivity contribution in [3.8, 4) is 11.5 Å². The van der Waals surface area contributed by atoms with Crippen molar-refractivity contribution < 1.29 is 14.4 Å². The minimum absolute atomic E-state index is 0.169. The normalized spacial score (nSPS) is 10.3. The van der Waals surface area contributed by atoms with Gasteiger partial charge in [0.15, 0.2) is 5.82 Å². The number of hydrogen-bond donors (Lipinski definition) is 1. The lowest BCUT2D eigenvalue weighted by Crippen LogP contribution is -2.01. The summed E-state index contributed by atoms with van der Waals surface area (Å²) in [4.78, 5) is 14.4. The molecule has 16 heavy (non-hydrogen) atoms. The molecule has 0 aliphatic rings. The van der Waals surface area contributed by atoms with Crippen molar-refractivity contribution in [1.82, 2.24) is 10.1 Å². The number of halogens is 1. The Morgan fingerprint density at radius 1 is 1.50 bits per heavy atom. The van der Waals surface area contributed by atoms with Gasteiger partial charge in [-0.2, -0.15) is 4.98 Å². The number of carboxylic acid groups (broad SMARTS) is 1. The molecule has 0 amide bonds. The van der Waals surface area contributed by atoms with Crippen molar-refractivity contribution in [1.29, 1.82) is 0 Å². The molecule has 0 aliphatic carbocycles. The maximum atomic E-state index is 10.4. The molecule has 0 fully saturated rings. The fourth-order valence-corrected chi connectivity index (χ4v) is 1.60. The van der Waals surface area contributed by atoms with E-state index in [0.717, 1.165) is 10.0 Å². The molecule has 0 spiro atoms. The molecule has 2 rings (SSSR count). The number of benzene rings is 1. The highest BCUT2D eigenvalue weighted by Crippen LogP contribution is 2.21. The van der Waals surface area contributed by atoms with E-state index in [4.69, 9.17) is 9.63 Å². The van der Waals surface area contributed by atoms with Crippen molar-refractivity contribution in [3.05, 3.63) is 34.6 Å². The third-order valence-electron chi connectivity index (χ3n) is 1.85. The van der Waals surface area contributed by atoms with Crippen LogP contribution in [0.3, 0.4) is 0 Å². The number of hydrogen-bond acceptors (Lipinski definition) is 4. The highest BCUT2D eigenvalue weighted by molar-refractivity contribution is 9.10. The van der Waals surface area contributed by atoms with Crippen molar-refractivity contribution in [2.24, 2.45) is 0 Å². The lowest BCUT2D eigenvalue weighted by Gasteiger charge is -1.93. The number of carbonyl (C=O) groups is 1. The Morgan fingerprint density at radius 3 is 3.00 bits per heavy atom. The SMILES string of the molecule is O=C(O)Cc1noc(-c2cccc(Br)c2)n1. The Morgan fingerprint density at radius 2 is 2.31 bits per heavy atom. The van der Waals surface area contributed by atoms with Gasteiger partial charge in [0, 0.05) is 10.0 Å². The molecule has 1 aromatic heterocycles. The minimum atomic E-state index is -0.985. The van der Waals surface area contributed by atoms with Crippen LogP contribution in [0.2, 0.25) is 0 Å². The van der Waals surface area contributed by atoms with Gasteiger partial charge in [-0.3, -0.25) is 4.79 Å².